The highest BCUT2D eigenvalue weighted by atomic mass is 16.2. The summed E-state index contributed by atoms with van der Waals surface area (Å²) < 4.78 is 0. The molecule has 12 nitrogen and oxygen atoms in total. The van der Waals surface area contributed by atoms with Crippen LogP contribution in [-0.4, -0.2) is 127 Å². The number of carbonyl (C=O) groups is 3. The fourth-order valence-corrected chi connectivity index (χ4v) is 4.46. The van der Waals surface area contributed by atoms with Gasteiger partial charge in [0.2, 0.25) is 17.7 Å². The van der Waals surface area contributed by atoms with Gasteiger partial charge < -0.3 is 47.4 Å². The van der Waals surface area contributed by atoms with Gasteiger partial charge in [0, 0.05) is 105 Å². The Morgan fingerprint density at radius 1 is 0.559 bits per heavy atom. The number of carbonyl (C=O) groups excluding carboxylic acids is 3. The van der Waals surface area contributed by atoms with Crippen molar-refractivity contribution in [2.75, 3.05) is 105 Å². The lowest BCUT2D eigenvalue weighted by Crippen LogP contribution is -2.49. The Morgan fingerprint density at radius 2 is 0.882 bits per heavy atom. The van der Waals surface area contributed by atoms with E-state index < -0.39 is 0 Å². The molecule has 0 unspecified atom stereocenters. The van der Waals surface area contributed by atoms with Gasteiger partial charge in [0.15, 0.2) is 0 Å². The van der Waals surface area contributed by atoms with Gasteiger partial charge in [0.05, 0.1) is 17.8 Å². The van der Waals surface area contributed by atoms with Crippen LogP contribution in [0.1, 0.15) is 0 Å². The molecule has 0 aliphatic carbocycles. The van der Waals surface area contributed by atoms with Crippen LogP contribution in [0, 0.1) is 17.8 Å². The molecule has 0 aromatic heterocycles. The van der Waals surface area contributed by atoms with E-state index in [9.17, 15) is 14.4 Å². The molecule has 12 heteroatoms. The Hall–Kier alpha value is -1.83. The van der Waals surface area contributed by atoms with E-state index in [4.69, 9.17) is 0 Å². The summed E-state index contributed by atoms with van der Waals surface area (Å²) >= 11 is 0. The molecular formula is C22H43N9O3. The van der Waals surface area contributed by atoms with Crippen molar-refractivity contribution >= 4 is 17.7 Å². The predicted molar refractivity (Wildman–Crippen MR) is 130 cm³/mol. The highest BCUT2D eigenvalue weighted by Crippen LogP contribution is 2.04. The summed E-state index contributed by atoms with van der Waals surface area (Å²) in [6.45, 7) is 10.5. The first-order valence-electron chi connectivity index (χ1n) is 12.7. The Kier molecular flexibility index (Phi) is 12.0. The van der Waals surface area contributed by atoms with Crippen LogP contribution < -0.4 is 42.5 Å². The van der Waals surface area contributed by atoms with E-state index in [0.29, 0.717) is 65.4 Å². The van der Waals surface area contributed by atoms with Crippen LogP contribution in [0.2, 0.25) is 0 Å². The first kappa shape index (κ1) is 26.8. The molecule has 0 radical (unpaired) electrons. The number of hydrogen-bond donors (Lipinski definition) is 8. The van der Waals surface area contributed by atoms with Crippen LogP contribution >= 0.6 is 0 Å². The van der Waals surface area contributed by atoms with Gasteiger partial charge in [0.25, 0.3) is 0 Å². The molecule has 3 rings (SSSR count). The van der Waals surface area contributed by atoms with Gasteiger partial charge in [-0.15, -0.1) is 0 Å². The van der Waals surface area contributed by atoms with Crippen LogP contribution in [0.4, 0.5) is 0 Å². The Morgan fingerprint density at radius 3 is 1.24 bits per heavy atom. The largest absolute Gasteiger partial charge is 0.354 e. The minimum Gasteiger partial charge on any atom is -0.354 e. The number of amides is 3. The minimum atomic E-state index is -0.167. The fraction of sp³-hybridized carbons (Fsp3) is 0.864. The first-order chi connectivity index (χ1) is 16.6. The summed E-state index contributed by atoms with van der Waals surface area (Å²) in [6.07, 6.45) is 0. The fourth-order valence-electron chi connectivity index (χ4n) is 4.46. The van der Waals surface area contributed by atoms with Gasteiger partial charge in [-0.2, -0.15) is 0 Å². The van der Waals surface area contributed by atoms with Crippen molar-refractivity contribution in [3.63, 3.8) is 0 Å². The molecule has 3 heterocycles. The summed E-state index contributed by atoms with van der Waals surface area (Å²) in [5.74, 6) is -0.381. The standard InChI is InChI=1S/C22H43N9O3/c32-20(17-11-23-1-2-24-12-17)29-7-9-31(22(34)19-15-27-5-6-28-16-19)10-8-30-21(33)18-13-25-3-4-26-14-18/h17-19,23-28H,1-16H2,(H,29,32)(H,30,33). The van der Waals surface area contributed by atoms with Crippen molar-refractivity contribution in [1.82, 2.24) is 47.4 Å². The van der Waals surface area contributed by atoms with Crippen molar-refractivity contribution in [1.29, 1.82) is 0 Å². The third-order valence-corrected chi connectivity index (χ3v) is 6.54. The maximum atomic E-state index is 13.3. The highest BCUT2D eigenvalue weighted by molar-refractivity contribution is 5.81. The molecule has 0 bridgehead atoms. The first-order valence-corrected chi connectivity index (χ1v) is 12.7. The van der Waals surface area contributed by atoms with E-state index in [0.717, 1.165) is 39.3 Å². The maximum Gasteiger partial charge on any atom is 0.228 e. The van der Waals surface area contributed by atoms with Crippen molar-refractivity contribution in [2.24, 2.45) is 17.8 Å². The quantitative estimate of drug-likeness (QED) is 0.163. The average Bonchev–Trinajstić information content (AvgIpc) is 3.39. The summed E-state index contributed by atoms with van der Waals surface area (Å²) in [6, 6.07) is 0. The normalized spacial score (nSPS) is 21.6. The third kappa shape index (κ3) is 9.08. The molecule has 194 valence electrons. The number of nitrogens with zero attached hydrogens (tertiary/aromatic N) is 1. The smallest absolute Gasteiger partial charge is 0.228 e. The molecule has 3 saturated heterocycles. The van der Waals surface area contributed by atoms with Gasteiger partial charge >= 0.3 is 0 Å². The number of rotatable bonds is 9. The lowest BCUT2D eigenvalue weighted by Gasteiger charge is -2.28. The molecule has 34 heavy (non-hydrogen) atoms. The summed E-state index contributed by atoms with van der Waals surface area (Å²) in [7, 11) is 0. The van der Waals surface area contributed by atoms with Crippen LogP contribution in [0.25, 0.3) is 0 Å². The molecular weight excluding hydrogens is 438 g/mol. The molecule has 0 atom stereocenters. The van der Waals surface area contributed by atoms with E-state index in [-0.39, 0.29) is 35.5 Å². The Balaban J connectivity index is 1.49. The average molecular weight is 482 g/mol. The number of nitrogens with one attached hydrogen (secondary N) is 8. The van der Waals surface area contributed by atoms with Crippen LogP contribution in [0.5, 0.6) is 0 Å². The van der Waals surface area contributed by atoms with Gasteiger partial charge in [0.1, 0.15) is 0 Å². The minimum absolute atomic E-state index is 0.00577. The van der Waals surface area contributed by atoms with Crippen molar-refractivity contribution in [3.05, 3.63) is 0 Å². The Labute approximate surface area is 202 Å². The zero-order chi connectivity index (χ0) is 24.0. The summed E-state index contributed by atoms with van der Waals surface area (Å²) in [5, 5.41) is 25.6. The second-order valence-corrected chi connectivity index (χ2v) is 9.22. The molecule has 3 aliphatic heterocycles. The van der Waals surface area contributed by atoms with Gasteiger partial charge in [-0.05, 0) is 0 Å². The van der Waals surface area contributed by atoms with Crippen molar-refractivity contribution in [3.8, 4) is 0 Å². The lowest BCUT2D eigenvalue weighted by molar-refractivity contribution is -0.136. The monoisotopic (exact) mass is 481 g/mol. The van der Waals surface area contributed by atoms with Crippen LogP contribution in [0.3, 0.4) is 0 Å². The van der Waals surface area contributed by atoms with E-state index in [2.05, 4.69) is 42.5 Å². The van der Waals surface area contributed by atoms with Crippen molar-refractivity contribution in [2.45, 2.75) is 0 Å². The van der Waals surface area contributed by atoms with Crippen LogP contribution in [-0.2, 0) is 14.4 Å². The second kappa shape index (κ2) is 15.2. The van der Waals surface area contributed by atoms with Crippen LogP contribution in [0.15, 0.2) is 0 Å². The molecule has 0 aromatic rings. The molecule has 0 saturated carbocycles. The molecule has 3 aliphatic rings. The van der Waals surface area contributed by atoms with E-state index >= 15 is 0 Å². The van der Waals surface area contributed by atoms with E-state index in [1.54, 1.807) is 4.90 Å². The van der Waals surface area contributed by atoms with E-state index in [1.807, 2.05) is 0 Å². The van der Waals surface area contributed by atoms with Gasteiger partial charge in [-0.25, -0.2) is 0 Å². The van der Waals surface area contributed by atoms with E-state index in [1.165, 1.54) is 0 Å². The molecule has 0 spiro atoms. The second-order valence-electron chi connectivity index (χ2n) is 9.22. The van der Waals surface area contributed by atoms with Crippen molar-refractivity contribution < 1.29 is 14.4 Å². The zero-order valence-corrected chi connectivity index (χ0v) is 20.2. The third-order valence-electron chi connectivity index (χ3n) is 6.54. The van der Waals surface area contributed by atoms with Gasteiger partial charge in [-0.3, -0.25) is 14.4 Å². The topological polar surface area (TPSA) is 151 Å². The molecule has 3 amide bonds. The predicted octanol–water partition coefficient (Wildman–Crippen LogP) is -4.53. The highest BCUT2D eigenvalue weighted by Gasteiger charge is 2.26. The SMILES string of the molecule is O=C(NCCN(CCNC(=O)C1CNCCNC1)C(=O)C1CNCCNC1)C1CNCCNC1. The zero-order valence-electron chi connectivity index (χ0n) is 20.2. The maximum absolute atomic E-state index is 13.3. The molecule has 0 aromatic carbocycles. The Bertz CT molecular complexity index is 589. The summed E-state index contributed by atoms with van der Waals surface area (Å²) in [4.78, 5) is 40.2. The molecule has 3 fully saturated rings. The lowest BCUT2D eigenvalue weighted by atomic mass is 10.1. The molecule has 8 N–H and O–H groups in total. The summed E-state index contributed by atoms with van der Waals surface area (Å²) in [5.41, 5.74) is 0. The number of hydrogen-bond acceptors (Lipinski definition) is 9. The van der Waals surface area contributed by atoms with Gasteiger partial charge in [-0.1, -0.05) is 0 Å².